The Balaban J connectivity index is 2.22. The molecular weight excluding hydrogens is 280 g/mol. The number of hydrogen-bond donors (Lipinski definition) is 0. The summed E-state index contributed by atoms with van der Waals surface area (Å²) in [5.41, 5.74) is -1.06. The summed E-state index contributed by atoms with van der Waals surface area (Å²) in [6, 6.07) is 1.75. The molecule has 1 amide bonds. The molecule has 1 aromatic heterocycles. The normalized spacial score (nSPS) is 16.6. The van der Waals surface area contributed by atoms with E-state index in [-0.39, 0.29) is 12.1 Å². The van der Waals surface area contributed by atoms with Gasteiger partial charge in [-0.1, -0.05) is 0 Å². The number of carbonyl (C=O) groups is 2. The van der Waals surface area contributed by atoms with Crippen molar-refractivity contribution >= 4 is 24.8 Å². The summed E-state index contributed by atoms with van der Waals surface area (Å²) >= 11 is 0. The van der Waals surface area contributed by atoms with E-state index in [1.807, 2.05) is 0 Å². The number of halogens is 3. The number of rotatable bonds is 1. The van der Waals surface area contributed by atoms with Crippen molar-refractivity contribution in [3.63, 3.8) is 0 Å². The second-order valence-corrected chi connectivity index (χ2v) is 4.03. The molecule has 1 aliphatic rings. The van der Waals surface area contributed by atoms with Gasteiger partial charge in [-0.25, -0.2) is 4.79 Å². The zero-order valence-corrected chi connectivity index (χ0v) is 10.2. The van der Waals surface area contributed by atoms with E-state index < -0.39 is 30.9 Å². The van der Waals surface area contributed by atoms with Crippen molar-refractivity contribution in [2.75, 3.05) is 13.6 Å². The fraction of sp³-hybridized carbons (Fsp3) is 0.300. The van der Waals surface area contributed by atoms with E-state index in [4.69, 9.17) is 9.31 Å². The van der Waals surface area contributed by atoms with E-state index in [0.717, 1.165) is 17.0 Å². The number of hydrogen-bond acceptors (Lipinski definition) is 5. The van der Waals surface area contributed by atoms with Crippen molar-refractivity contribution in [1.29, 1.82) is 0 Å². The average Bonchev–Trinajstić information content (AvgIpc) is 2.48. The summed E-state index contributed by atoms with van der Waals surface area (Å²) in [4.78, 5) is 27.3. The van der Waals surface area contributed by atoms with E-state index in [0.29, 0.717) is 6.20 Å². The number of pyridine rings is 1. The molecule has 1 saturated heterocycles. The highest BCUT2D eigenvalue weighted by atomic mass is 19.4. The smallest absolute Gasteiger partial charge is 0.493 e. The molecular formula is C10H8BF3N2O4. The first kappa shape index (κ1) is 14.2. The lowest BCUT2D eigenvalue weighted by Gasteiger charge is -2.12. The topological polar surface area (TPSA) is 68.7 Å². The first-order chi connectivity index (χ1) is 9.27. The fourth-order valence-corrected chi connectivity index (χ4v) is 1.45. The zero-order chi connectivity index (χ0) is 14.9. The molecule has 6 nitrogen and oxygen atoms in total. The van der Waals surface area contributed by atoms with Crippen LogP contribution >= 0.6 is 0 Å². The van der Waals surface area contributed by atoms with Gasteiger partial charge in [0.15, 0.2) is 0 Å². The highest BCUT2D eigenvalue weighted by molar-refractivity contribution is 6.63. The predicted molar refractivity (Wildman–Crippen MR) is 59.8 cm³/mol. The average molecular weight is 288 g/mol. The third-order valence-electron chi connectivity index (χ3n) is 2.48. The summed E-state index contributed by atoms with van der Waals surface area (Å²) in [6.07, 6.45) is -4.78. The monoisotopic (exact) mass is 288 g/mol. The Kier molecular flexibility index (Phi) is 3.56. The summed E-state index contributed by atoms with van der Waals surface area (Å²) in [7, 11) is -0.131. The Hall–Kier alpha value is -2.26. The van der Waals surface area contributed by atoms with Crippen molar-refractivity contribution in [3.8, 4) is 0 Å². The van der Waals surface area contributed by atoms with Gasteiger partial charge in [0.1, 0.15) is 12.1 Å². The number of aromatic nitrogens is 1. The number of amides is 1. The molecule has 0 N–H and O–H groups in total. The molecule has 106 valence electrons. The van der Waals surface area contributed by atoms with Crippen LogP contribution in [0.25, 0.3) is 0 Å². The van der Waals surface area contributed by atoms with Crippen LogP contribution in [0.15, 0.2) is 18.3 Å². The van der Waals surface area contributed by atoms with Gasteiger partial charge in [0, 0.05) is 13.2 Å². The summed E-state index contributed by atoms with van der Waals surface area (Å²) < 4.78 is 46.8. The van der Waals surface area contributed by atoms with Gasteiger partial charge < -0.3 is 14.2 Å². The molecule has 0 atom stereocenters. The van der Waals surface area contributed by atoms with Gasteiger partial charge in [0.25, 0.3) is 0 Å². The van der Waals surface area contributed by atoms with Crippen molar-refractivity contribution in [2.24, 2.45) is 0 Å². The Morgan fingerprint density at radius 1 is 1.30 bits per heavy atom. The quantitative estimate of drug-likeness (QED) is 0.700. The van der Waals surface area contributed by atoms with Crippen LogP contribution in [0.5, 0.6) is 0 Å². The molecule has 2 heterocycles. The molecule has 0 radical (unpaired) electrons. The molecule has 2 rings (SSSR count). The molecule has 1 aliphatic heterocycles. The molecule has 1 aromatic rings. The number of nitrogens with zero attached hydrogens (tertiary/aromatic N) is 2. The summed E-state index contributed by atoms with van der Waals surface area (Å²) in [5, 5.41) is 0. The Morgan fingerprint density at radius 2 is 2.00 bits per heavy atom. The molecule has 20 heavy (non-hydrogen) atoms. The number of likely N-dealkylation sites (N-methyl/N-ethyl adjacent to an activating group) is 1. The van der Waals surface area contributed by atoms with Crippen LogP contribution in [-0.4, -0.2) is 42.7 Å². The molecule has 10 heteroatoms. The van der Waals surface area contributed by atoms with E-state index in [9.17, 15) is 22.8 Å². The molecule has 0 aromatic carbocycles. The Morgan fingerprint density at radius 3 is 2.55 bits per heavy atom. The lowest BCUT2D eigenvalue weighted by atomic mass is 9.83. The lowest BCUT2D eigenvalue weighted by molar-refractivity contribution is -0.138. The van der Waals surface area contributed by atoms with Gasteiger partial charge in [-0.3, -0.25) is 9.78 Å². The summed E-state index contributed by atoms with van der Waals surface area (Å²) in [5.74, 6) is -0.745. The van der Waals surface area contributed by atoms with Crippen molar-refractivity contribution in [2.45, 2.75) is 6.18 Å². The standard InChI is InChI=1S/C10H8BF3N2O4/c1-16-5-8(17)19-11(20-9(16)18)7-3-2-6(4-15-7)10(12,13)14/h2-4H,5H2,1H3. The van der Waals surface area contributed by atoms with E-state index in [1.54, 1.807) is 0 Å². The van der Waals surface area contributed by atoms with Crippen LogP contribution < -0.4 is 5.59 Å². The van der Waals surface area contributed by atoms with Crippen molar-refractivity contribution in [1.82, 2.24) is 9.88 Å². The minimum Gasteiger partial charge on any atom is -0.493 e. The fourth-order valence-electron chi connectivity index (χ4n) is 1.45. The second kappa shape index (κ2) is 5.02. The maximum absolute atomic E-state index is 12.4. The van der Waals surface area contributed by atoms with E-state index in [2.05, 4.69) is 4.98 Å². The van der Waals surface area contributed by atoms with Crippen LogP contribution in [0.1, 0.15) is 5.56 Å². The van der Waals surface area contributed by atoms with Gasteiger partial charge in [0.05, 0.1) is 5.56 Å². The van der Waals surface area contributed by atoms with Crippen molar-refractivity contribution < 1.29 is 32.1 Å². The van der Waals surface area contributed by atoms with Crippen LogP contribution in [0, 0.1) is 0 Å². The highest BCUT2D eigenvalue weighted by Gasteiger charge is 2.38. The molecule has 0 aliphatic carbocycles. The van der Waals surface area contributed by atoms with Crippen LogP contribution in [0.2, 0.25) is 0 Å². The van der Waals surface area contributed by atoms with Gasteiger partial charge >= 0.3 is 25.4 Å². The van der Waals surface area contributed by atoms with Gasteiger partial charge in [-0.15, -0.1) is 0 Å². The van der Waals surface area contributed by atoms with Crippen LogP contribution in [-0.2, 0) is 20.3 Å². The predicted octanol–water partition coefficient (Wildman–Crippen LogP) is 0.421. The van der Waals surface area contributed by atoms with Gasteiger partial charge in [0.2, 0.25) is 0 Å². The molecule has 0 bridgehead atoms. The highest BCUT2D eigenvalue weighted by Crippen LogP contribution is 2.27. The molecule has 0 unspecified atom stereocenters. The first-order valence-corrected chi connectivity index (χ1v) is 5.42. The van der Waals surface area contributed by atoms with Gasteiger partial charge in [-0.2, -0.15) is 13.2 Å². The Bertz CT molecular complexity index is 534. The maximum atomic E-state index is 12.4. The van der Waals surface area contributed by atoms with E-state index in [1.165, 1.54) is 7.05 Å². The number of alkyl halides is 3. The zero-order valence-electron chi connectivity index (χ0n) is 10.2. The van der Waals surface area contributed by atoms with Gasteiger partial charge in [-0.05, 0) is 12.1 Å². The first-order valence-electron chi connectivity index (χ1n) is 5.42. The van der Waals surface area contributed by atoms with Crippen LogP contribution in [0.4, 0.5) is 18.0 Å². The molecule has 1 fully saturated rings. The van der Waals surface area contributed by atoms with Crippen LogP contribution in [0.3, 0.4) is 0 Å². The number of carbonyl (C=O) groups excluding carboxylic acids is 2. The second-order valence-electron chi connectivity index (χ2n) is 4.03. The maximum Gasteiger partial charge on any atom is 0.657 e. The third-order valence-corrected chi connectivity index (χ3v) is 2.48. The SMILES string of the molecule is CN1CC(=O)OB(c2ccc(C(F)(F)F)cn2)OC1=O. The lowest BCUT2D eigenvalue weighted by Crippen LogP contribution is -2.41. The molecule has 0 saturated carbocycles. The summed E-state index contributed by atoms with van der Waals surface area (Å²) in [6.45, 7) is -0.310. The third kappa shape index (κ3) is 3.01. The minimum absolute atomic E-state index is 0.102. The van der Waals surface area contributed by atoms with Crippen molar-refractivity contribution in [3.05, 3.63) is 23.9 Å². The Labute approximate surface area is 111 Å². The molecule has 0 spiro atoms. The van der Waals surface area contributed by atoms with E-state index >= 15 is 0 Å². The largest absolute Gasteiger partial charge is 0.657 e. The minimum atomic E-state index is -4.53.